The van der Waals surface area contributed by atoms with Crippen molar-refractivity contribution in [2.75, 3.05) is 11.9 Å². The minimum Gasteiger partial charge on any atom is -0.389 e. The van der Waals surface area contributed by atoms with Gasteiger partial charge in [-0.2, -0.15) is 0 Å². The average Bonchev–Trinajstić information content (AvgIpc) is 2.38. The van der Waals surface area contributed by atoms with Crippen LogP contribution in [0.15, 0.2) is 42.5 Å². The second kappa shape index (κ2) is 6.29. The minimum absolute atomic E-state index is 0.497. The van der Waals surface area contributed by atoms with Crippen LogP contribution in [0.5, 0.6) is 0 Å². The Hall–Kier alpha value is -1.51. The smallest absolute Gasteiger partial charge is 0.0762 e. The maximum Gasteiger partial charge on any atom is 0.0762 e. The first kappa shape index (κ1) is 14.9. The van der Waals surface area contributed by atoms with Crippen LogP contribution in [0, 0.1) is 6.92 Å². The number of halogens is 1. The highest BCUT2D eigenvalue weighted by molar-refractivity contribution is 6.33. The molecule has 1 atom stereocenters. The van der Waals surface area contributed by atoms with Crippen LogP contribution in [-0.2, 0) is 6.54 Å². The molecule has 2 rings (SSSR count). The Morgan fingerprint density at radius 2 is 1.95 bits per heavy atom. The molecule has 0 unspecified atom stereocenters. The standard InChI is InChI=1S/C17H20ClNO/c1-12-5-4-6-14(9-12)11-19(3)17-8-7-15(13(2)20)10-16(17)18/h4-10,13,20H,11H2,1-3H3/t13-/m0/s1. The molecule has 0 aliphatic heterocycles. The van der Waals surface area contributed by atoms with Crippen molar-refractivity contribution >= 4 is 17.3 Å². The van der Waals surface area contributed by atoms with E-state index in [1.807, 2.05) is 25.2 Å². The van der Waals surface area contributed by atoms with Crippen molar-refractivity contribution in [3.05, 3.63) is 64.2 Å². The van der Waals surface area contributed by atoms with Crippen LogP contribution in [0.2, 0.25) is 5.02 Å². The van der Waals surface area contributed by atoms with E-state index in [0.29, 0.717) is 5.02 Å². The zero-order chi connectivity index (χ0) is 14.7. The van der Waals surface area contributed by atoms with Crippen molar-refractivity contribution in [1.82, 2.24) is 0 Å². The van der Waals surface area contributed by atoms with Crippen LogP contribution in [-0.4, -0.2) is 12.2 Å². The predicted octanol–water partition coefficient (Wildman–Crippen LogP) is 4.34. The SMILES string of the molecule is Cc1cccc(CN(C)c2ccc([C@H](C)O)cc2Cl)c1. The summed E-state index contributed by atoms with van der Waals surface area (Å²) >= 11 is 6.31. The van der Waals surface area contributed by atoms with Crippen LogP contribution in [0.4, 0.5) is 5.69 Å². The maximum absolute atomic E-state index is 9.57. The molecule has 3 heteroatoms. The van der Waals surface area contributed by atoms with Crippen molar-refractivity contribution in [3.8, 4) is 0 Å². The fourth-order valence-electron chi connectivity index (χ4n) is 2.26. The molecule has 0 fully saturated rings. The van der Waals surface area contributed by atoms with Crippen molar-refractivity contribution < 1.29 is 5.11 Å². The Bertz CT molecular complexity index is 595. The summed E-state index contributed by atoms with van der Waals surface area (Å²) in [6.07, 6.45) is -0.497. The van der Waals surface area contributed by atoms with Crippen LogP contribution < -0.4 is 4.90 Å². The molecule has 0 saturated heterocycles. The largest absolute Gasteiger partial charge is 0.389 e. The van der Waals surface area contributed by atoms with Crippen molar-refractivity contribution in [2.24, 2.45) is 0 Å². The van der Waals surface area contributed by atoms with Crippen LogP contribution in [0.25, 0.3) is 0 Å². The lowest BCUT2D eigenvalue weighted by atomic mass is 10.1. The number of anilines is 1. The second-order valence-electron chi connectivity index (χ2n) is 5.23. The number of hydrogen-bond acceptors (Lipinski definition) is 2. The van der Waals surface area contributed by atoms with Crippen molar-refractivity contribution in [2.45, 2.75) is 26.5 Å². The summed E-state index contributed by atoms with van der Waals surface area (Å²) in [7, 11) is 2.02. The van der Waals surface area contributed by atoms with Crippen molar-refractivity contribution in [3.63, 3.8) is 0 Å². The molecule has 20 heavy (non-hydrogen) atoms. The zero-order valence-corrected chi connectivity index (χ0v) is 12.9. The molecule has 0 spiro atoms. The molecule has 0 aromatic heterocycles. The van der Waals surface area contributed by atoms with Gasteiger partial charge in [0.05, 0.1) is 16.8 Å². The minimum atomic E-state index is -0.497. The lowest BCUT2D eigenvalue weighted by molar-refractivity contribution is 0.199. The van der Waals surface area contributed by atoms with E-state index in [1.165, 1.54) is 11.1 Å². The number of aliphatic hydroxyl groups excluding tert-OH is 1. The number of benzene rings is 2. The molecular weight excluding hydrogens is 270 g/mol. The Labute approximate surface area is 125 Å². The molecule has 0 amide bonds. The summed E-state index contributed by atoms with van der Waals surface area (Å²) < 4.78 is 0. The highest BCUT2D eigenvalue weighted by Gasteiger charge is 2.09. The van der Waals surface area contributed by atoms with E-state index in [1.54, 1.807) is 6.92 Å². The normalized spacial score (nSPS) is 12.2. The zero-order valence-electron chi connectivity index (χ0n) is 12.1. The Balaban J connectivity index is 2.19. The topological polar surface area (TPSA) is 23.5 Å². The molecule has 0 bridgehead atoms. The van der Waals surface area contributed by atoms with E-state index in [2.05, 4.69) is 36.1 Å². The first-order chi connectivity index (χ1) is 9.47. The summed E-state index contributed by atoms with van der Waals surface area (Å²) in [6.45, 7) is 4.63. The van der Waals surface area contributed by atoms with E-state index in [0.717, 1.165) is 17.8 Å². The molecule has 2 aromatic carbocycles. The average molecular weight is 290 g/mol. The molecule has 0 aliphatic carbocycles. The number of nitrogens with zero attached hydrogens (tertiary/aromatic N) is 1. The molecule has 1 N–H and O–H groups in total. The van der Waals surface area contributed by atoms with Gasteiger partial charge in [0.25, 0.3) is 0 Å². The predicted molar refractivity (Wildman–Crippen MR) is 85.4 cm³/mol. The van der Waals surface area contributed by atoms with E-state index in [4.69, 9.17) is 11.6 Å². The van der Waals surface area contributed by atoms with Gasteiger partial charge in [-0.05, 0) is 37.1 Å². The number of aryl methyl sites for hydroxylation is 1. The molecule has 0 radical (unpaired) electrons. The van der Waals surface area contributed by atoms with Gasteiger partial charge in [0.1, 0.15) is 0 Å². The highest BCUT2D eigenvalue weighted by atomic mass is 35.5. The molecule has 0 aliphatic rings. The number of aliphatic hydroxyl groups is 1. The van der Waals surface area contributed by atoms with E-state index < -0.39 is 6.10 Å². The third-order valence-corrected chi connectivity index (χ3v) is 3.67. The van der Waals surface area contributed by atoms with Gasteiger partial charge in [0.15, 0.2) is 0 Å². The number of rotatable bonds is 4. The van der Waals surface area contributed by atoms with E-state index in [9.17, 15) is 5.11 Å². The summed E-state index contributed by atoms with van der Waals surface area (Å²) in [5, 5.41) is 10.2. The fraction of sp³-hybridized carbons (Fsp3) is 0.294. The van der Waals surface area contributed by atoms with Gasteiger partial charge in [-0.1, -0.05) is 47.5 Å². The van der Waals surface area contributed by atoms with Gasteiger partial charge in [-0.3, -0.25) is 0 Å². The molecule has 106 valence electrons. The van der Waals surface area contributed by atoms with Crippen LogP contribution in [0.3, 0.4) is 0 Å². The highest BCUT2D eigenvalue weighted by Crippen LogP contribution is 2.29. The van der Waals surface area contributed by atoms with Gasteiger partial charge < -0.3 is 10.0 Å². The van der Waals surface area contributed by atoms with Crippen LogP contribution in [0.1, 0.15) is 29.7 Å². The lowest BCUT2D eigenvalue weighted by Gasteiger charge is -2.22. The lowest BCUT2D eigenvalue weighted by Crippen LogP contribution is -2.17. The third kappa shape index (κ3) is 3.53. The van der Waals surface area contributed by atoms with Gasteiger partial charge >= 0.3 is 0 Å². The first-order valence-corrected chi connectivity index (χ1v) is 7.09. The Morgan fingerprint density at radius 1 is 1.20 bits per heavy atom. The second-order valence-corrected chi connectivity index (χ2v) is 5.64. The summed E-state index contributed by atoms with van der Waals surface area (Å²) in [4.78, 5) is 2.11. The monoisotopic (exact) mass is 289 g/mol. The van der Waals surface area contributed by atoms with Gasteiger partial charge in [0.2, 0.25) is 0 Å². The van der Waals surface area contributed by atoms with E-state index in [-0.39, 0.29) is 0 Å². The van der Waals surface area contributed by atoms with E-state index >= 15 is 0 Å². The number of hydrogen-bond donors (Lipinski definition) is 1. The van der Waals surface area contributed by atoms with Gasteiger partial charge in [-0.25, -0.2) is 0 Å². The summed E-state index contributed by atoms with van der Waals surface area (Å²) in [5.41, 5.74) is 4.31. The molecule has 0 heterocycles. The first-order valence-electron chi connectivity index (χ1n) is 6.71. The molecule has 0 saturated carbocycles. The molecule has 2 aromatic rings. The quantitative estimate of drug-likeness (QED) is 0.905. The maximum atomic E-state index is 9.57. The molecular formula is C17H20ClNO. The Morgan fingerprint density at radius 3 is 2.55 bits per heavy atom. The van der Waals surface area contributed by atoms with Gasteiger partial charge in [0, 0.05) is 13.6 Å². The molecule has 2 nitrogen and oxygen atoms in total. The fourth-order valence-corrected chi connectivity index (χ4v) is 2.60. The van der Waals surface area contributed by atoms with Crippen molar-refractivity contribution in [1.29, 1.82) is 0 Å². The summed E-state index contributed by atoms with van der Waals surface area (Å²) in [6, 6.07) is 14.1. The Kier molecular flexibility index (Phi) is 4.69. The van der Waals surface area contributed by atoms with Crippen LogP contribution >= 0.6 is 11.6 Å². The third-order valence-electron chi connectivity index (χ3n) is 3.37. The summed E-state index contributed by atoms with van der Waals surface area (Å²) in [5.74, 6) is 0. The van der Waals surface area contributed by atoms with Gasteiger partial charge in [-0.15, -0.1) is 0 Å².